The van der Waals surface area contributed by atoms with Gasteiger partial charge in [-0.25, -0.2) is 0 Å². The summed E-state index contributed by atoms with van der Waals surface area (Å²) in [5.41, 5.74) is 1.93. The number of hydrogen-bond donors (Lipinski definition) is 3. The van der Waals surface area contributed by atoms with E-state index in [4.69, 9.17) is 9.15 Å². The first kappa shape index (κ1) is 21.0. The Labute approximate surface area is 175 Å². The quantitative estimate of drug-likeness (QED) is 0.481. The maximum absolute atomic E-state index is 12.3. The molecule has 0 fully saturated rings. The zero-order valence-electron chi connectivity index (χ0n) is 17.0. The third-order valence-electron chi connectivity index (χ3n) is 4.02. The highest BCUT2D eigenvalue weighted by molar-refractivity contribution is 6.02. The van der Waals surface area contributed by atoms with E-state index in [9.17, 15) is 9.59 Å². The third-order valence-corrected chi connectivity index (χ3v) is 4.02. The van der Waals surface area contributed by atoms with Crippen molar-refractivity contribution in [2.75, 3.05) is 29.1 Å². The van der Waals surface area contributed by atoms with Gasteiger partial charge in [0, 0.05) is 23.1 Å². The van der Waals surface area contributed by atoms with Crippen LogP contribution < -0.4 is 20.7 Å². The summed E-state index contributed by atoms with van der Waals surface area (Å²) in [7, 11) is 0. The number of ether oxygens (including phenoxy) is 1. The first-order valence-corrected chi connectivity index (χ1v) is 9.71. The molecule has 0 saturated heterocycles. The minimum atomic E-state index is -0.357. The Bertz CT molecular complexity index is 984. The fourth-order valence-corrected chi connectivity index (χ4v) is 2.62. The molecule has 0 aliphatic carbocycles. The second-order valence-electron chi connectivity index (χ2n) is 7.15. The monoisotopic (exact) mass is 407 g/mol. The Morgan fingerprint density at radius 1 is 0.933 bits per heavy atom. The number of anilines is 3. The predicted molar refractivity (Wildman–Crippen MR) is 117 cm³/mol. The molecule has 0 atom stereocenters. The topological polar surface area (TPSA) is 92.6 Å². The van der Waals surface area contributed by atoms with Crippen molar-refractivity contribution < 1.29 is 18.7 Å². The summed E-state index contributed by atoms with van der Waals surface area (Å²) in [6.45, 7) is 4.90. The number of hydrogen-bond acceptors (Lipinski definition) is 5. The van der Waals surface area contributed by atoms with E-state index >= 15 is 0 Å². The second-order valence-corrected chi connectivity index (χ2v) is 7.15. The summed E-state index contributed by atoms with van der Waals surface area (Å²) in [5.74, 6) is 0.845. The lowest BCUT2D eigenvalue weighted by molar-refractivity contribution is -0.114. The van der Waals surface area contributed by atoms with E-state index in [2.05, 4.69) is 29.8 Å². The van der Waals surface area contributed by atoms with Gasteiger partial charge in [-0.2, -0.15) is 0 Å². The molecule has 0 aliphatic rings. The molecule has 2 aromatic carbocycles. The van der Waals surface area contributed by atoms with E-state index in [1.54, 1.807) is 36.4 Å². The van der Waals surface area contributed by atoms with Crippen molar-refractivity contribution >= 4 is 28.9 Å². The van der Waals surface area contributed by atoms with Crippen LogP contribution in [-0.2, 0) is 4.79 Å². The fourth-order valence-electron chi connectivity index (χ4n) is 2.62. The smallest absolute Gasteiger partial charge is 0.291 e. The molecule has 0 radical (unpaired) electrons. The molecule has 1 heterocycles. The first-order valence-electron chi connectivity index (χ1n) is 9.71. The van der Waals surface area contributed by atoms with Gasteiger partial charge in [-0.05, 0) is 48.4 Å². The lowest BCUT2D eigenvalue weighted by Gasteiger charge is -2.12. The van der Waals surface area contributed by atoms with E-state index in [0.29, 0.717) is 23.9 Å². The highest BCUT2D eigenvalue weighted by atomic mass is 16.5. The molecular formula is C23H25N3O4. The average molecular weight is 407 g/mol. The van der Waals surface area contributed by atoms with Gasteiger partial charge in [0.2, 0.25) is 5.91 Å². The summed E-state index contributed by atoms with van der Waals surface area (Å²) >= 11 is 0. The summed E-state index contributed by atoms with van der Waals surface area (Å²) in [5, 5.41) is 8.62. The molecule has 156 valence electrons. The van der Waals surface area contributed by atoms with Crippen molar-refractivity contribution in [3.63, 3.8) is 0 Å². The lowest BCUT2D eigenvalue weighted by Crippen LogP contribution is -2.22. The molecule has 0 bridgehead atoms. The number of nitrogens with one attached hydrogen (secondary N) is 3. The van der Waals surface area contributed by atoms with Crippen LogP contribution in [0.2, 0.25) is 0 Å². The van der Waals surface area contributed by atoms with Crippen molar-refractivity contribution in [1.82, 2.24) is 0 Å². The molecule has 30 heavy (non-hydrogen) atoms. The van der Waals surface area contributed by atoms with Gasteiger partial charge in [0.15, 0.2) is 5.76 Å². The Morgan fingerprint density at radius 3 is 2.40 bits per heavy atom. The van der Waals surface area contributed by atoms with Crippen LogP contribution in [0, 0.1) is 5.92 Å². The highest BCUT2D eigenvalue weighted by Gasteiger charge is 2.09. The minimum Gasteiger partial charge on any atom is -0.493 e. The van der Waals surface area contributed by atoms with E-state index in [-0.39, 0.29) is 24.1 Å². The molecule has 3 aromatic rings. The number of carbonyl (C=O) groups excluding carboxylic acids is 2. The van der Waals surface area contributed by atoms with Gasteiger partial charge in [0.05, 0.1) is 19.4 Å². The molecule has 2 amide bonds. The number of furan rings is 1. The Morgan fingerprint density at radius 2 is 1.67 bits per heavy atom. The maximum Gasteiger partial charge on any atom is 0.291 e. The van der Waals surface area contributed by atoms with Crippen molar-refractivity contribution in [3.8, 4) is 5.75 Å². The van der Waals surface area contributed by atoms with Crippen LogP contribution in [0.25, 0.3) is 0 Å². The van der Waals surface area contributed by atoms with E-state index in [1.807, 2.05) is 24.3 Å². The van der Waals surface area contributed by atoms with E-state index in [0.717, 1.165) is 11.4 Å². The Kier molecular flexibility index (Phi) is 7.10. The molecule has 7 heteroatoms. The molecule has 0 saturated carbocycles. The second kappa shape index (κ2) is 10.2. The molecule has 0 aliphatic heterocycles. The largest absolute Gasteiger partial charge is 0.493 e. The highest BCUT2D eigenvalue weighted by Crippen LogP contribution is 2.19. The molecule has 0 spiro atoms. The van der Waals surface area contributed by atoms with Crippen LogP contribution in [0.3, 0.4) is 0 Å². The lowest BCUT2D eigenvalue weighted by atomic mass is 10.2. The minimum absolute atomic E-state index is 0.0939. The van der Waals surface area contributed by atoms with Crippen LogP contribution in [-0.4, -0.2) is 25.0 Å². The van der Waals surface area contributed by atoms with Crippen LogP contribution in [0.15, 0.2) is 71.3 Å². The van der Waals surface area contributed by atoms with Gasteiger partial charge < -0.3 is 25.1 Å². The van der Waals surface area contributed by atoms with Gasteiger partial charge in [-0.15, -0.1) is 0 Å². The molecule has 3 rings (SSSR count). The summed E-state index contributed by atoms with van der Waals surface area (Å²) < 4.78 is 10.8. The van der Waals surface area contributed by atoms with Crippen LogP contribution in [0.5, 0.6) is 5.75 Å². The SMILES string of the molecule is CC(C)COc1cccc(NCC(=O)Nc2cccc(NC(=O)c3ccco3)c2)c1. The van der Waals surface area contributed by atoms with E-state index in [1.165, 1.54) is 6.26 Å². The maximum atomic E-state index is 12.3. The van der Waals surface area contributed by atoms with Gasteiger partial charge in [0.1, 0.15) is 5.75 Å². The predicted octanol–water partition coefficient (Wildman–Crippen LogP) is 4.62. The number of rotatable bonds is 9. The Balaban J connectivity index is 1.51. The van der Waals surface area contributed by atoms with Gasteiger partial charge in [-0.3, -0.25) is 9.59 Å². The van der Waals surface area contributed by atoms with Crippen molar-refractivity contribution in [3.05, 3.63) is 72.7 Å². The van der Waals surface area contributed by atoms with Crippen molar-refractivity contribution in [2.45, 2.75) is 13.8 Å². The molecule has 3 N–H and O–H groups in total. The fraction of sp³-hybridized carbons (Fsp3) is 0.217. The van der Waals surface area contributed by atoms with Crippen LogP contribution in [0.4, 0.5) is 17.1 Å². The summed E-state index contributed by atoms with van der Waals surface area (Å²) in [6, 6.07) is 17.6. The zero-order valence-corrected chi connectivity index (χ0v) is 17.0. The van der Waals surface area contributed by atoms with Gasteiger partial charge in [-0.1, -0.05) is 26.0 Å². The standard InChI is InChI=1S/C23H25N3O4/c1-16(2)15-30-20-9-4-6-17(13-20)24-14-22(27)25-18-7-3-8-19(12-18)26-23(28)21-10-5-11-29-21/h3-13,16,24H,14-15H2,1-2H3,(H,25,27)(H,26,28). The Hall–Kier alpha value is -3.74. The van der Waals surface area contributed by atoms with Crippen LogP contribution >= 0.6 is 0 Å². The summed E-state index contributed by atoms with van der Waals surface area (Å²) in [6.07, 6.45) is 1.44. The number of carbonyl (C=O) groups is 2. The third kappa shape index (κ3) is 6.41. The number of amides is 2. The van der Waals surface area contributed by atoms with Crippen molar-refractivity contribution in [2.24, 2.45) is 5.92 Å². The molecule has 1 aromatic heterocycles. The average Bonchev–Trinajstić information content (AvgIpc) is 3.26. The van der Waals surface area contributed by atoms with Crippen molar-refractivity contribution in [1.29, 1.82) is 0 Å². The molecule has 7 nitrogen and oxygen atoms in total. The van der Waals surface area contributed by atoms with E-state index < -0.39 is 0 Å². The zero-order chi connectivity index (χ0) is 21.3. The van der Waals surface area contributed by atoms with Gasteiger partial charge >= 0.3 is 0 Å². The molecule has 0 unspecified atom stereocenters. The summed E-state index contributed by atoms with van der Waals surface area (Å²) in [4.78, 5) is 24.4. The van der Waals surface area contributed by atoms with Crippen LogP contribution in [0.1, 0.15) is 24.4 Å². The first-order chi connectivity index (χ1) is 14.5. The number of benzene rings is 2. The molecular weight excluding hydrogens is 382 g/mol. The normalized spacial score (nSPS) is 10.5. The van der Waals surface area contributed by atoms with Gasteiger partial charge in [0.25, 0.3) is 5.91 Å².